The number of benzene rings is 1. The van der Waals surface area contributed by atoms with Gasteiger partial charge in [-0.2, -0.15) is 0 Å². The molecule has 1 aliphatic rings. The maximum atomic E-state index is 9.98. The van der Waals surface area contributed by atoms with Gasteiger partial charge in [-0.15, -0.1) is 11.8 Å². The lowest BCUT2D eigenvalue weighted by Gasteiger charge is -2.28. The van der Waals surface area contributed by atoms with Crippen molar-refractivity contribution in [2.45, 2.75) is 11.0 Å². The lowest BCUT2D eigenvalue weighted by Crippen LogP contribution is -2.46. The Morgan fingerprint density at radius 1 is 1.24 bits per heavy atom. The van der Waals surface area contributed by atoms with Crippen LogP contribution in [-0.2, 0) is 0 Å². The molecule has 0 saturated carbocycles. The SMILES string of the molecule is OC(CSc1ccccc1)CN1CCNCC1. The Labute approximate surface area is 107 Å². The van der Waals surface area contributed by atoms with E-state index in [2.05, 4.69) is 22.3 Å². The Bertz CT molecular complexity index is 314. The number of nitrogens with one attached hydrogen (secondary N) is 1. The fourth-order valence-corrected chi connectivity index (χ4v) is 2.79. The van der Waals surface area contributed by atoms with Crippen molar-refractivity contribution in [1.29, 1.82) is 0 Å². The molecule has 2 N–H and O–H groups in total. The highest BCUT2D eigenvalue weighted by Crippen LogP contribution is 2.18. The van der Waals surface area contributed by atoms with Gasteiger partial charge in [-0.05, 0) is 12.1 Å². The van der Waals surface area contributed by atoms with Crippen molar-refractivity contribution < 1.29 is 5.11 Å². The summed E-state index contributed by atoms with van der Waals surface area (Å²) >= 11 is 1.72. The van der Waals surface area contributed by atoms with Gasteiger partial charge in [0.05, 0.1) is 6.10 Å². The summed E-state index contributed by atoms with van der Waals surface area (Å²) in [7, 11) is 0. The molecule has 1 unspecified atom stereocenters. The predicted molar refractivity (Wildman–Crippen MR) is 72.5 cm³/mol. The van der Waals surface area contributed by atoms with E-state index < -0.39 is 0 Å². The maximum absolute atomic E-state index is 9.98. The summed E-state index contributed by atoms with van der Waals surface area (Å²) < 4.78 is 0. The predicted octanol–water partition coefficient (Wildman–Crippen LogP) is 1.04. The molecule has 1 aromatic rings. The summed E-state index contributed by atoms with van der Waals surface area (Å²) in [5, 5.41) is 13.3. The van der Waals surface area contributed by atoms with Gasteiger partial charge in [0.2, 0.25) is 0 Å². The molecule has 1 saturated heterocycles. The van der Waals surface area contributed by atoms with Crippen molar-refractivity contribution >= 4 is 11.8 Å². The highest BCUT2D eigenvalue weighted by atomic mass is 32.2. The minimum atomic E-state index is -0.238. The van der Waals surface area contributed by atoms with Crippen molar-refractivity contribution in [3.8, 4) is 0 Å². The van der Waals surface area contributed by atoms with E-state index >= 15 is 0 Å². The zero-order valence-corrected chi connectivity index (χ0v) is 10.8. The molecule has 0 amide bonds. The first kappa shape index (κ1) is 12.9. The van der Waals surface area contributed by atoms with Crippen molar-refractivity contribution in [3.63, 3.8) is 0 Å². The first-order chi connectivity index (χ1) is 8.34. The zero-order valence-electron chi connectivity index (χ0n) is 10.0. The molecule has 94 valence electrons. The van der Waals surface area contributed by atoms with Crippen LogP contribution in [0, 0.1) is 0 Å². The van der Waals surface area contributed by atoms with E-state index in [-0.39, 0.29) is 6.10 Å². The summed E-state index contributed by atoms with van der Waals surface area (Å²) in [4.78, 5) is 3.55. The van der Waals surface area contributed by atoms with Gasteiger partial charge >= 0.3 is 0 Å². The summed E-state index contributed by atoms with van der Waals surface area (Å²) in [6.07, 6.45) is -0.238. The first-order valence-corrected chi connectivity index (χ1v) is 7.12. The fraction of sp³-hybridized carbons (Fsp3) is 0.538. The van der Waals surface area contributed by atoms with Crippen LogP contribution in [0.3, 0.4) is 0 Å². The third-order valence-corrected chi connectivity index (χ3v) is 4.02. The largest absolute Gasteiger partial charge is 0.391 e. The number of aliphatic hydroxyl groups is 1. The van der Waals surface area contributed by atoms with Crippen LogP contribution in [0.25, 0.3) is 0 Å². The van der Waals surface area contributed by atoms with Crippen molar-refractivity contribution in [2.75, 3.05) is 38.5 Å². The van der Waals surface area contributed by atoms with Crippen molar-refractivity contribution in [2.24, 2.45) is 0 Å². The van der Waals surface area contributed by atoms with E-state index in [9.17, 15) is 5.11 Å². The Morgan fingerprint density at radius 3 is 2.65 bits per heavy atom. The lowest BCUT2D eigenvalue weighted by molar-refractivity contribution is 0.121. The molecule has 3 nitrogen and oxygen atoms in total. The molecule has 0 radical (unpaired) electrons. The molecule has 0 aromatic heterocycles. The lowest BCUT2D eigenvalue weighted by atomic mass is 10.3. The minimum absolute atomic E-state index is 0.238. The Morgan fingerprint density at radius 2 is 1.94 bits per heavy atom. The number of hydrogen-bond acceptors (Lipinski definition) is 4. The molecule has 1 heterocycles. The summed E-state index contributed by atoms with van der Waals surface area (Å²) in [6, 6.07) is 10.3. The van der Waals surface area contributed by atoms with E-state index in [1.54, 1.807) is 11.8 Å². The van der Waals surface area contributed by atoms with Crippen LogP contribution in [0.2, 0.25) is 0 Å². The van der Waals surface area contributed by atoms with E-state index in [4.69, 9.17) is 0 Å². The highest BCUT2D eigenvalue weighted by molar-refractivity contribution is 7.99. The van der Waals surface area contributed by atoms with Gasteiger partial charge in [0.1, 0.15) is 0 Å². The fourth-order valence-electron chi connectivity index (χ4n) is 1.95. The maximum Gasteiger partial charge on any atom is 0.0760 e. The standard InChI is InChI=1S/C13H20N2OS/c16-12(10-15-8-6-14-7-9-15)11-17-13-4-2-1-3-5-13/h1-5,12,14,16H,6-11H2. The number of β-amino-alcohol motifs (C(OH)–C–C–N with tert-alkyl or cyclic N) is 1. The molecular weight excluding hydrogens is 232 g/mol. The highest BCUT2D eigenvalue weighted by Gasteiger charge is 2.14. The van der Waals surface area contributed by atoms with Gasteiger partial charge in [-0.3, -0.25) is 4.90 Å². The molecule has 17 heavy (non-hydrogen) atoms. The van der Waals surface area contributed by atoms with Crippen LogP contribution in [0.4, 0.5) is 0 Å². The van der Waals surface area contributed by atoms with E-state index in [0.29, 0.717) is 0 Å². The third kappa shape index (κ3) is 4.68. The van der Waals surface area contributed by atoms with Crippen LogP contribution in [0.5, 0.6) is 0 Å². The number of nitrogens with zero attached hydrogens (tertiary/aromatic N) is 1. The van der Waals surface area contributed by atoms with E-state index in [0.717, 1.165) is 38.5 Å². The molecule has 1 aliphatic heterocycles. The molecule has 1 atom stereocenters. The summed E-state index contributed by atoms with van der Waals surface area (Å²) in [5.41, 5.74) is 0. The Balaban J connectivity index is 1.68. The number of rotatable bonds is 5. The van der Waals surface area contributed by atoms with Gasteiger partial charge in [0.25, 0.3) is 0 Å². The summed E-state index contributed by atoms with van der Waals surface area (Å²) in [6.45, 7) is 4.97. The molecule has 4 heteroatoms. The molecular formula is C13H20N2OS. The van der Waals surface area contributed by atoms with Gasteiger partial charge in [0.15, 0.2) is 0 Å². The summed E-state index contributed by atoms with van der Waals surface area (Å²) in [5.74, 6) is 0.772. The first-order valence-electron chi connectivity index (χ1n) is 6.13. The topological polar surface area (TPSA) is 35.5 Å². The van der Waals surface area contributed by atoms with Crippen LogP contribution in [0.1, 0.15) is 0 Å². The van der Waals surface area contributed by atoms with Crippen LogP contribution in [0.15, 0.2) is 35.2 Å². The molecule has 1 aromatic carbocycles. The van der Waals surface area contributed by atoms with Crippen LogP contribution >= 0.6 is 11.8 Å². The molecule has 2 rings (SSSR count). The average Bonchev–Trinajstić information content (AvgIpc) is 2.39. The molecule has 0 aliphatic carbocycles. The quantitative estimate of drug-likeness (QED) is 0.768. The zero-order chi connectivity index (χ0) is 11.9. The Kier molecular flexibility index (Phi) is 5.32. The number of piperazine rings is 1. The monoisotopic (exact) mass is 252 g/mol. The number of aliphatic hydroxyl groups excluding tert-OH is 1. The second-order valence-electron chi connectivity index (χ2n) is 4.33. The van der Waals surface area contributed by atoms with Crippen LogP contribution in [-0.4, -0.2) is 54.6 Å². The molecule has 0 spiro atoms. The third-order valence-electron chi connectivity index (χ3n) is 2.86. The second-order valence-corrected chi connectivity index (χ2v) is 5.42. The normalized spacial score (nSPS) is 19.1. The van der Waals surface area contributed by atoms with E-state index in [1.807, 2.05) is 18.2 Å². The molecule has 0 bridgehead atoms. The van der Waals surface area contributed by atoms with Crippen molar-refractivity contribution in [3.05, 3.63) is 30.3 Å². The molecule has 1 fully saturated rings. The number of hydrogen-bond donors (Lipinski definition) is 2. The number of thioether (sulfide) groups is 1. The van der Waals surface area contributed by atoms with E-state index in [1.165, 1.54) is 4.90 Å². The van der Waals surface area contributed by atoms with Crippen LogP contribution < -0.4 is 5.32 Å². The van der Waals surface area contributed by atoms with Gasteiger partial charge < -0.3 is 10.4 Å². The van der Waals surface area contributed by atoms with Gasteiger partial charge in [-0.25, -0.2) is 0 Å². The van der Waals surface area contributed by atoms with Crippen molar-refractivity contribution in [1.82, 2.24) is 10.2 Å². The Hall–Kier alpha value is -0.550. The van der Waals surface area contributed by atoms with Gasteiger partial charge in [0, 0.05) is 43.4 Å². The van der Waals surface area contributed by atoms with Gasteiger partial charge in [-0.1, -0.05) is 18.2 Å². The minimum Gasteiger partial charge on any atom is -0.391 e. The second kappa shape index (κ2) is 7.01. The smallest absolute Gasteiger partial charge is 0.0760 e. The average molecular weight is 252 g/mol.